The molecule has 0 bridgehead atoms. The van der Waals surface area contributed by atoms with Gasteiger partial charge in [-0.25, -0.2) is 8.96 Å². The Morgan fingerprint density at radius 3 is 2.61 bits per heavy atom. The predicted octanol–water partition coefficient (Wildman–Crippen LogP) is 0.836. The van der Waals surface area contributed by atoms with Gasteiger partial charge in [0.05, 0.1) is 10.6 Å². The maximum absolute atomic E-state index is 12.0. The third-order valence-electron chi connectivity index (χ3n) is 3.43. The van der Waals surface area contributed by atoms with E-state index in [-0.39, 0.29) is 11.4 Å². The van der Waals surface area contributed by atoms with Crippen molar-refractivity contribution in [2.75, 3.05) is 14.1 Å². The average Bonchev–Trinajstić information content (AvgIpc) is 2.96. The second kappa shape index (κ2) is 6.07. The quantitative estimate of drug-likeness (QED) is 0.636. The second-order valence-corrected chi connectivity index (χ2v) is 7.12. The second-order valence-electron chi connectivity index (χ2n) is 5.07. The van der Waals surface area contributed by atoms with Gasteiger partial charge < -0.3 is 5.11 Å². The molecule has 10 heteroatoms. The van der Waals surface area contributed by atoms with Crippen LogP contribution in [-0.2, 0) is 10.2 Å². The smallest absolute Gasteiger partial charge is 0.308 e. The number of imidazole rings is 1. The van der Waals surface area contributed by atoms with Crippen molar-refractivity contribution in [3.8, 4) is 0 Å². The van der Waals surface area contributed by atoms with Crippen LogP contribution >= 0.6 is 0 Å². The summed E-state index contributed by atoms with van der Waals surface area (Å²) in [5.41, 5.74) is 0.558. The summed E-state index contributed by atoms with van der Waals surface area (Å²) in [6, 6.07) is 4.32. The Bertz CT molecular complexity index is 844. The van der Waals surface area contributed by atoms with Crippen LogP contribution in [0, 0.1) is 17.0 Å². The third kappa shape index (κ3) is 3.09. The Balaban J connectivity index is 2.44. The first-order valence-corrected chi connectivity index (χ1v) is 7.95. The number of aliphatic hydroxyl groups excluding tert-OH is 1. The van der Waals surface area contributed by atoms with Crippen molar-refractivity contribution in [3.63, 3.8) is 0 Å². The van der Waals surface area contributed by atoms with Crippen LogP contribution in [0.2, 0.25) is 0 Å². The molecule has 2 rings (SSSR count). The Kier molecular flexibility index (Phi) is 4.50. The van der Waals surface area contributed by atoms with Gasteiger partial charge in [-0.1, -0.05) is 12.1 Å². The molecular formula is C13H16N4O5S. The molecule has 124 valence electrons. The van der Waals surface area contributed by atoms with Crippen LogP contribution in [0.15, 0.2) is 30.7 Å². The van der Waals surface area contributed by atoms with Gasteiger partial charge in [0.15, 0.2) is 0 Å². The number of nitro groups is 1. The van der Waals surface area contributed by atoms with E-state index in [1.165, 1.54) is 45.4 Å². The van der Waals surface area contributed by atoms with E-state index in [1.807, 2.05) is 0 Å². The number of aromatic nitrogens is 2. The number of nitrogens with zero attached hydrogens (tertiary/aromatic N) is 4. The summed E-state index contributed by atoms with van der Waals surface area (Å²) in [6.45, 7) is 1.52. The molecule has 1 N–H and O–H groups in total. The maximum Gasteiger partial charge on any atom is 0.308 e. The summed E-state index contributed by atoms with van der Waals surface area (Å²) >= 11 is 0. The van der Waals surface area contributed by atoms with E-state index < -0.39 is 21.2 Å². The van der Waals surface area contributed by atoms with E-state index >= 15 is 0 Å². The fraction of sp³-hybridized carbons (Fsp3) is 0.308. The predicted molar refractivity (Wildman–Crippen MR) is 82.1 cm³/mol. The number of nitro benzene ring substituents is 1. The molecule has 1 atom stereocenters. The zero-order chi connectivity index (χ0) is 17.4. The molecule has 2 aromatic rings. The lowest BCUT2D eigenvalue weighted by Crippen LogP contribution is -2.27. The van der Waals surface area contributed by atoms with Gasteiger partial charge in [0.1, 0.15) is 12.4 Å². The summed E-state index contributed by atoms with van der Waals surface area (Å²) in [5, 5.41) is 21.4. The van der Waals surface area contributed by atoms with E-state index in [0.29, 0.717) is 11.1 Å². The summed E-state index contributed by atoms with van der Waals surface area (Å²) < 4.78 is 25.9. The summed E-state index contributed by atoms with van der Waals surface area (Å²) in [5.74, 6) is 0. The molecular weight excluding hydrogens is 324 g/mol. The van der Waals surface area contributed by atoms with Crippen molar-refractivity contribution in [1.29, 1.82) is 0 Å². The highest BCUT2D eigenvalue weighted by Crippen LogP contribution is 2.29. The van der Waals surface area contributed by atoms with Crippen LogP contribution in [0.3, 0.4) is 0 Å². The van der Waals surface area contributed by atoms with Crippen molar-refractivity contribution in [3.05, 3.63) is 57.7 Å². The van der Waals surface area contributed by atoms with Gasteiger partial charge in [-0.2, -0.15) is 12.7 Å². The lowest BCUT2D eigenvalue weighted by molar-refractivity contribution is -0.385. The minimum atomic E-state index is -3.74. The highest BCUT2D eigenvalue weighted by Gasteiger charge is 2.23. The van der Waals surface area contributed by atoms with E-state index in [0.717, 1.165) is 14.6 Å². The largest absolute Gasteiger partial charge is 0.382 e. The summed E-state index contributed by atoms with van der Waals surface area (Å²) in [6.07, 6.45) is 0.979. The Labute approximate surface area is 133 Å². The van der Waals surface area contributed by atoms with Crippen LogP contribution in [-0.4, -0.2) is 45.8 Å². The van der Waals surface area contributed by atoms with Crippen LogP contribution in [0.25, 0.3) is 0 Å². The third-order valence-corrected chi connectivity index (χ3v) is 5.08. The van der Waals surface area contributed by atoms with Gasteiger partial charge in [-0.15, -0.1) is 0 Å². The van der Waals surface area contributed by atoms with Gasteiger partial charge in [-0.3, -0.25) is 10.1 Å². The normalized spacial score (nSPS) is 13.3. The number of benzene rings is 1. The maximum atomic E-state index is 12.0. The lowest BCUT2D eigenvalue weighted by Gasteiger charge is -2.12. The molecule has 23 heavy (non-hydrogen) atoms. The van der Waals surface area contributed by atoms with Crippen molar-refractivity contribution in [2.24, 2.45) is 0 Å². The molecule has 0 spiro atoms. The highest BCUT2D eigenvalue weighted by atomic mass is 32.2. The fourth-order valence-corrected chi connectivity index (χ4v) is 2.86. The molecule has 9 nitrogen and oxygen atoms in total. The van der Waals surface area contributed by atoms with Gasteiger partial charge in [0, 0.05) is 31.9 Å². The van der Waals surface area contributed by atoms with E-state index in [4.69, 9.17) is 0 Å². The van der Waals surface area contributed by atoms with Gasteiger partial charge in [-0.05, 0) is 12.5 Å². The summed E-state index contributed by atoms with van der Waals surface area (Å²) in [4.78, 5) is 14.3. The number of hydrogen-bond donors (Lipinski definition) is 1. The van der Waals surface area contributed by atoms with Gasteiger partial charge in [0.25, 0.3) is 5.69 Å². The molecule has 1 aromatic carbocycles. The SMILES string of the molecule is Cc1c(C(O)c2cn(S(=O)(=O)N(C)C)cn2)cccc1[N+](=O)[O-]. The Morgan fingerprint density at radius 2 is 2.04 bits per heavy atom. The molecule has 0 saturated carbocycles. The molecule has 0 radical (unpaired) electrons. The minimum absolute atomic E-state index is 0.0824. The molecule has 1 heterocycles. The monoisotopic (exact) mass is 340 g/mol. The van der Waals surface area contributed by atoms with Crippen LogP contribution in [0.1, 0.15) is 22.9 Å². The molecule has 0 aliphatic heterocycles. The summed E-state index contributed by atoms with van der Waals surface area (Å²) in [7, 11) is -0.993. The molecule has 0 amide bonds. The van der Waals surface area contributed by atoms with Gasteiger partial charge >= 0.3 is 10.2 Å². The standard InChI is InChI=1S/C13H16N4O5S/c1-9-10(5-4-6-12(9)17(19)20)13(18)11-7-16(8-14-11)23(21,22)15(2)3/h4-8,13,18H,1-3H3. The number of hydrogen-bond acceptors (Lipinski definition) is 6. The van der Waals surface area contributed by atoms with Crippen molar-refractivity contribution >= 4 is 15.9 Å². The van der Waals surface area contributed by atoms with E-state index in [9.17, 15) is 23.6 Å². The fourth-order valence-electron chi connectivity index (χ4n) is 2.07. The van der Waals surface area contributed by atoms with E-state index in [2.05, 4.69) is 4.98 Å². The average molecular weight is 340 g/mol. The van der Waals surface area contributed by atoms with Gasteiger partial charge in [0.2, 0.25) is 0 Å². The molecule has 0 fully saturated rings. The van der Waals surface area contributed by atoms with Crippen molar-refractivity contribution < 1.29 is 18.4 Å². The zero-order valence-electron chi connectivity index (χ0n) is 12.7. The van der Waals surface area contributed by atoms with Crippen LogP contribution in [0.4, 0.5) is 5.69 Å². The van der Waals surface area contributed by atoms with Crippen molar-refractivity contribution in [1.82, 2.24) is 13.3 Å². The number of rotatable bonds is 5. The molecule has 1 unspecified atom stereocenters. The molecule has 1 aromatic heterocycles. The highest BCUT2D eigenvalue weighted by molar-refractivity contribution is 7.87. The lowest BCUT2D eigenvalue weighted by atomic mass is 10.0. The number of aliphatic hydroxyl groups is 1. The first kappa shape index (κ1) is 17.1. The van der Waals surface area contributed by atoms with Crippen LogP contribution < -0.4 is 0 Å². The molecule has 0 aliphatic rings. The zero-order valence-corrected chi connectivity index (χ0v) is 13.6. The van der Waals surface area contributed by atoms with Crippen LogP contribution in [0.5, 0.6) is 0 Å². The Morgan fingerprint density at radius 1 is 1.39 bits per heavy atom. The van der Waals surface area contributed by atoms with E-state index in [1.54, 1.807) is 0 Å². The first-order valence-electron chi connectivity index (χ1n) is 6.55. The molecule has 0 saturated heterocycles. The minimum Gasteiger partial charge on any atom is -0.382 e. The first-order chi connectivity index (χ1) is 10.7. The van der Waals surface area contributed by atoms with Crippen molar-refractivity contribution in [2.45, 2.75) is 13.0 Å². The molecule has 0 aliphatic carbocycles. The topological polar surface area (TPSA) is 119 Å². The Hall–Kier alpha value is -2.30.